The average Bonchev–Trinajstić information content (AvgIpc) is 3.08. The van der Waals surface area contributed by atoms with E-state index in [2.05, 4.69) is 10.1 Å². The molecule has 9 nitrogen and oxygen atoms in total. The molecule has 11 heteroatoms. The van der Waals surface area contributed by atoms with Gasteiger partial charge in [0.25, 0.3) is 0 Å². The van der Waals surface area contributed by atoms with Gasteiger partial charge in [0, 0.05) is 17.6 Å². The molecule has 146 valence electrons. The number of Topliss-reactive ketones (excluding diaryl/α,β-unsaturated/α-hetero) is 1. The minimum atomic E-state index is -1.33. The molecule has 1 aliphatic rings. The predicted molar refractivity (Wildman–Crippen MR) is 104 cm³/mol. The van der Waals surface area contributed by atoms with Crippen LogP contribution in [0.4, 0.5) is 5.13 Å². The maximum absolute atomic E-state index is 12.8. The third-order valence-corrected chi connectivity index (χ3v) is 4.89. The van der Waals surface area contributed by atoms with E-state index < -0.39 is 18.9 Å². The molecule has 1 aromatic carbocycles. The number of hydrogen-bond acceptors (Lipinski definition) is 9. The quantitative estimate of drug-likeness (QED) is 0.359. The third-order valence-electron chi connectivity index (χ3n) is 4.21. The fourth-order valence-electron chi connectivity index (χ4n) is 2.93. The normalized spacial score (nSPS) is 16.3. The second kappa shape index (κ2) is 8.40. The molecule has 1 aromatic heterocycles. The Kier molecular flexibility index (Phi) is 5.95. The van der Waals surface area contributed by atoms with E-state index in [1.807, 2.05) is 0 Å². The zero-order chi connectivity index (χ0) is 20.3. The number of ketones is 1. The van der Waals surface area contributed by atoms with Crippen molar-refractivity contribution < 1.29 is 29.2 Å². The van der Waals surface area contributed by atoms with Crippen molar-refractivity contribution >= 4 is 41.1 Å². The predicted octanol–water partition coefficient (Wildman–Crippen LogP) is 1.61. The number of thiazole rings is 1. The average molecular weight is 403 g/mol. The maximum Gasteiger partial charge on any atom is 0.526 e. The standard InChI is InChI=1S/C17H18BN3O6S/c1-2-26-21-14(12-8-28-17(19)20-12)13(22)7-10-6-9-4-3-5-11(16(23)24)15(9)27-18(10)25/h3-5,8,10,25H,2,6-7H2,1H3,(H2,19,20)(H,23,24)/b21-14-/t10-/m1/s1. The van der Waals surface area contributed by atoms with E-state index in [0.717, 1.165) is 0 Å². The van der Waals surface area contributed by atoms with E-state index in [1.54, 1.807) is 24.4 Å². The van der Waals surface area contributed by atoms with Gasteiger partial charge in [-0.3, -0.25) is 4.79 Å². The lowest BCUT2D eigenvalue weighted by Gasteiger charge is -2.27. The van der Waals surface area contributed by atoms with E-state index in [4.69, 9.17) is 15.2 Å². The second-order valence-corrected chi connectivity index (χ2v) is 7.02. The number of carboxylic acid groups (broad SMARTS) is 1. The summed E-state index contributed by atoms with van der Waals surface area (Å²) >= 11 is 1.17. The fraction of sp³-hybridized carbons (Fsp3) is 0.294. The van der Waals surface area contributed by atoms with E-state index in [0.29, 0.717) is 16.4 Å². The zero-order valence-electron chi connectivity index (χ0n) is 15.0. The monoisotopic (exact) mass is 403 g/mol. The van der Waals surface area contributed by atoms with Gasteiger partial charge in [-0.1, -0.05) is 17.3 Å². The summed E-state index contributed by atoms with van der Waals surface area (Å²) in [5.41, 5.74) is 6.55. The van der Waals surface area contributed by atoms with Gasteiger partial charge in [0.1, 0.15) is 18.1 Å². The number of aromatic nitrogens is 1. The second-order valence-electron chi connectivity index (χ2n) is 6.13. The van der Waals surface area contributed by atoms with Gasteiger partial charge in [0.15, 0.2) is 16.6 Å². The Balaban J connectivity index is 1.81. The Morgan fingerprint density at radius 1 is 1.50 bits per heavy atom. The van der Waals surface area contributed by atoms with Crippen molar-refractivity contribution in [3.8, 4) is 5.75 Å². The number of aromatic carboxylic acids is 1. The van der Waals surface area contributed by atoms with Gasteiger partial charge in [-0.25, -0.2) is 9.78 Å². The highest BCUT2D eigenvalue weighted by Gasteiger charge is 2.38. The van der Waals surface area contributed by atoms with E-state index >= 15 is 0 Å². The minimum Gasteiger partial charge on any atom is -0.535 e. The lowest BCUT2D eigenvalue weighted by molar-refractivity contribution is -0.113. The summed E-state index contributed by atoms with van der Waals surface area (Å²) < 4.78 is 5.43. The number of fused-ring (bicyclic) bond motifs is 1. The van der Waals surface area contributed by atoms with E-state index in [1.165, 1.54) is 17.4 Å². The molecule has 3 rings (SSSR count). The third kappa shape index (κ3) is 4.15. The molecule has 0 radical (unpaired) electrons. The van der Waals surface area contributed by atoms with E-state index in [9.17, 15) is 19.7 Å². The molecular formula is C17H18BN3O6S. The first kappa shape index (κ1) is 19.8. The molecule has 1 aliphatic heterocycles. The van der Waals surface area contributed by atoms with Crippen molar-refractivity contribution in [1.82, 2.24) is 4.98 Å². The molecule has 0 bridgehead atoms. The first-order chi connectivity index (χ1) is 13.4. The van der Waals surface area contributed by atoms with Crippen LogP contribution in [0.15, 0.2) is 28.7 Å². The van der Waals surface area contributed by atoms with Crippen LogP contribution in [-0.4, -0.2) is 46.3 Å². The number of nitrogens with zero attached hydrogens (tertiary/aromatic N) is 2. The van der Waals surface area contributed by atoms with Crippen LogP contribution in [0.5, 0.6) is 5.75 Å². The smallest absolute Gasteiger partial charge is 0.526 e. The molecule has 0 spiro atoms. The number of anilines is 1. The molecule has 4 N–H and O–H groups in total. The molecule has 0 aliphatic carbocycles. The number of benzene rings is 1. The van der Waals surface area contributed by atoms with Crippen LogP contribution in [0.25, 0.3) is 0 Å². The summed E-state index contributed by atoms with van der Waals surface area (Å²) in [6.45, 7) is 2.01. The molecule has 0 fully saturated rings. The Labute approximate surface area is 164 Å². The van der Waals surface area contributed by atoms with Crippen molar-refractivity contribution in [1.29, 1.82) is 0 Å². The summed E-state index contributed by atoms with van der Waals surface area (Å²) in [4.78, 5) is 33.2. The molecule has 0 unspecified atom stereocenters. The van der Waals surface area contributed by atoms with Gasteiger partial charge in [0.2, 0.25) is 0 Å². The Hall–Kier alpha value is -2.92. The van der Waals surface area contributed by atoms with Crippen molar-refractivity contribution in [2.24, 2.45) is 5.16 Å². The number of nitrogen functional groups attached to an aromatic ring is 1. The number of carbonyl (C=O) groups is 2. The highest BCUT2D eigenvalue weighted by atomic mass is 32.1. The first-order valence-corrected chi connectivity index (χ1v) is 9.43. The maximum atomic E-state index is 12.8. The van der Waals surface area contributed by atoms with Crippen LogP contribution in [0, 0.1) is 0 Å². The Morgan fingerprint density at radius 3 is 2.93 bits per heavy atom. The molecule has 2 heterocycles. The summed E-state index contributed by atoms with van der Waals surface area (Å²) in [6.07, 6.45) is 0.200. The lowest BCUT2D eigenvalue weighted by atomic mass is 9.64. The number of carbonyl (C=O) groups excluding carboxylic acids is 1. The molecular weight excluding hydrogens is 385 g/mol. The fourth-order valence-corrected chi connectivity index (χ4v) is 3.47. The van der Waals surface area contributed by atoms with Crippen LogP contribution < -0.4 is 10.4 Å². The molecule has 28 heavy (non-hydrogen) atoms. The summed E-state index contributed by atoms with van der Waals surface area (Å²) in [5.74, 6) is -1.98. The van der Waals surface area contributed by atoms with Crippen molar-refractivity contribution in [2.75, 3.05) is 12.3 Å². The van der Waals surface area contributed by atoms with E-state index in [-0.39, 0.29) is 42.3 Å². The van der Waals surface area contributed by atoms with Crippen LogP contribution >= 0.6 is 11.3 Å². The molecule has 2 aromatic rings. The van der Waals surface area contributed by atoms with Crippen LogP contribution in [-0.2, 0) is 16.1 Å². The number of rotatable bonds is 7. The van der Waals surface area contributed by atoms with Gasteiger partial charge >= 0.3 is 13.1 Å². The molecule has 0 saturated carbocycles. The van der Waals surface area contributed by atoms with Gasteiger partial charge in [0.05, 0.1) is 5.56 Å². The van der Waals surface area contributed by atoms with Gasteiger partial charge in [-0.15, -0.1) is 11.3 Å². The topological polar surface area (TPSA) is 144 Å². The van der Waals surface area contributed by atoms with Crippen LogP contribution in [0.1, 0.15) is 35.0 Å². The summed E-state index contributed by atoms with van der Waals surface area (Å²) in [5, 5.41) is 25.3. The van der Waals surface area contributed by atoms with Crippen LogP contribution in [0.2, 0.25) is 5.82 Å². The SMILES string of the molecule is CCO/N=C(\C(=O)C[C@H]1Cc2cccc(C(=O)O)c2OB1O)c1csc(N)n1. The highest BCUT2D eigenvalue weighted by Crippen LogP contribution is 2.36. The Morgan fingerprint density at radius 2 is 2.29 bits per heavy atom. The number of hydrogen-bond donors (Lipinski definition) is 3. The summed E-state index contributed by atoms with van der Waals surface area (Å²) in [7, 11) is -1.33. The van der Waals surface area contributed by atoms with Gasteiger partial charge < -0.3 is 25.4 Å². The molecule has 1 atom stereocenters. The Bertz CT molecular complexity index is 931. The molecule has 0 amide bonds. The number of carboxylic acids is 1. The largest absolute Gasteiger partial charge is 0.535 e. The van der Waals surface area contributed by atoms with Crippen molar-refractivity contribution in [3.05, 3.63) is 40.4 Å². The number of nitrogens with two attached hydrogens (primary N) is 1. The lowest BCUT2D eigenvalue weighted by Crippen LogP contribution is -2.36. The van der Waals surface area contributed by atoms with Crippen molar-refractivity contribution in [2.45, 2.75) is 25.6 Å². The number of para-hydroxylation sites is 1. The number of oxime groups is 1. The first-order valence-electron chi connectivity index (χ1n) is 8.55. The minimum absolute atomic E-state index is 0.0204. The van der Waals surface area contributed by atoms with Crippen LogP contribution in [0.3, 0.4) is 0 Å². The zero-order valence-corrected chi connectivity index (χ0v) is 15.8. The highest BCUT2D eigenvalue weighted by molar-refractivity contribution is 7.13. The van der Waals surface area contributed by atoms with Gasteiger partial charge in [-0.05, 0) is 25.0 Å². The molecule has 0 saturated heterocycles. The van der Waals surface area contributed by atoms with Gasteiger partial charge in [-0.2, -0.15) is 0 Å². The van der Waals surface area contributed by atoms with Crippen molar-refractivity contribution in [3.63, 3.8) is 0 Å². The summed E-state index contributed by atoms with van der Waals surface area (Å²) in [6, 6.07) is 4.71.